The zero-order valence-corrected chi connectivity index (χ0v) is 59.6. The van der Waals surface area contributed by atoms with E-state index in [0.717, 1.165) is 0 Å². The molecular formula is C66H117N17O16. The van der Waals surface area contributed by atoms with Crippen molar-refractivity contribution in [1.29, 1.82) is 0 Å². The van der Waals surface area contributed by atoms with E-state index in [2.05, 4.69) is 63.8 Å². The van der Waals surface area contributed by atoms with Crippen LogP contribution in [0, 0.1) is 23.7 Å². The number of aromatic hydroxyl groups is 1. The molecule has 33 nitrogen and oxygen atoms in total. The number of carboxylic acid groups (broad SMARTS) is 1. The van der Waals surface area contributed by atoms with Gasteiger partial charge < -0.3 is 108 Å². The van der Waals surface area contributed by atoms with Crippen molar-refractivity contribution in [3.8, 4) is 5.75 Å². The summed E-state index contributed by atoms with van der Waals surface area (Å²) in [6, 6.07) is -9.94. The number of phenolic OH excluding ortho intramolecular Hbond substituents is 1. The maximum absolute atomic E-state index is 14.3. The van der Waals surface area contributed by atoms with Crippen molar-refractivity contribution in [3.05, 3.63) is 29.8 Å². The molecule has 0 bridgehead atoms. The molecule has 1 aromatic rings. The topological polar surface area (TPSA) is 557 Å². The Bertz CT molecular complexity index is 2760. The molecule has 1 aromatic carbocycles. The van der Waals surface area contributed by atoms with Crippen LogP contribution in [0.4, 0.5) is 0 Å². The second-order valence-corrected chi connectivity index (χ2v) is 26.5. The number of aliphatic carboxylic acids is 1. The summed E-state index contributed by atoms with van der Waals surface area (Å²) < 4.78 is 0. The van der Waals surface area contributed by atoms with E-state index in [1.54, 1.807) is 55.4 Å². The summed E-state index contributed by atoms with van der Waals surface area (Å²) in [6.45, 7) is 17.6. The Kier molecular flexibility index (Phi) is 42.2. The largest absolute Gasteiger partial charge is 0.508 e. The van der Waals surface area contributed by atoms with Gasteiger partial charge >= 0.3 is 5.97 Å². The molecule has 0 heterocycles. The van der Waals surface area contributed by atoms with Crippen molar-refractivity contribution in [2.24, 2.45) is 52.3 Å². The molecule has 0 fully saturated rings. The van der Waals surface area contributed by atoms with E-state index in [1.807, 2.05) is 0 Å². The monoisotopic (exact) mass is 1400 g/mol. The standard InChI is InChI=1S/C66H117N17O16/c1-35(2)32-48(61(93)82-53(38(7)8)66(98)99)78-64(96)52(37(5)6)81-62(94)49(33-42-24-26-43(85)27-25-42)79-65(97)54(41(11)84)83-56(88)40(10)74-55(87)39(9)73-50(86)34-72-63(95)51(36(3)4)80-60(92)47(23-15-19-31-70)77-59(91)46(22-14-18-30-69)76-58(90)45(21-13-17-29-68)75-57(89)44(71)20-12-16-28-67/h24-27,35-41,44-49,51-54,84-85H,12-23,28-34,67-71H2,1-11H3,(H,72,95)(H,73,86)(H,74,87)(H,75,89)(H,76,90)(H,77,91)(H,78,96)(H,79,97)(H,80,92)(H,81,94)(H,82,93)(H,83,88)(H,98,99)/t39-,40-,41+,44-,45-,46-,47-,48-,49-,51-,52-,53-,54-/m0/s1. The van der Waals surface area contributed by atoms with Crippen LogP contribution in [-0.4, -0.2) is 204 Å². The van der Waals surface area contributed by atoms with Crippen molar-refractivity contribution in [2.75, 3.05) is 32.7 Å². The fraction of sp³-hybridized carbons (Fsp3) is 0.712. The van der Waals surface area contributed by atoms with Crippen molar-refractivity contribution < 1.29 is 77.6 Å². The molecule has 13 atom stereocenters. The molecule has 0 radical (unpaired) electrons. The average molecular weight is 1400 g/mol. The lowest BCUT2D eigenvalue weighted by Gasteiger charge is -2.29. The van der Waals surface area contributed by atoms with Crippen LogP contribution in [0.5, 0.6) is 5.75 Å². The van der Waals surface area contributed by atoms with Gasteiger partial charge in [-0.15, -0.1) is 0 Å². The summed E-state index contributed by atoms with van der Waals surface area (Å²) in [4.78, 5) is 177. The average Bonchev–Trinajstić information content (AvgIpc) is 0.874. The third kappa shape index (κ3) is 34.0. The molecule has 0 saturated carbocycles. The summed E-state index contributed by atoms with van der Waals surface area (Å²) in [5.74, 6) is -13.1. The second kappa shape index (κ2) is 47.0. The number of unbranched alkanes of at least 4 members (excludes halogenated alkanes) is 4. The Morgan fingerprint density at radius 1 is 0.384 bits per heavy atom. The van der Waals surface area contributed by atoms with Crippen LogP contribution in [0.2, 0.25) is 0 Å². The maximum atomic E-state index is 14.3. The van der Waals surface area contributed by atoms with Gasteiger partial charge in [0.2, 0.25) is 70.9 Å². The Hall–Kier alpha value is -8.11. The third-order valence-electron chi connectivity index (χ3n) is 16.1. The van der Waals surface area contributed by atoms with Crippen LogP contribution in [-0.2, 0) is 68.7 Å². The van der Waals surface area contributed by atoms with E-state index >= 15 is 0 Å². The highest BCUT2D eigenvalue weighted by Crippen LogP contribution is 2.16. The minimum Gasteiger partial charge on any atom is -0.508 e. The highest BCUT2D eigenvalue weighted by atomic mass is 16.4. The fourth-order valence-corrected chi connectivity index (χ4v) is 10.1. The molecule has 0 aliphatic carbocycles. The van der Waals surface area contributed by atoms with Gasteiger partial charge in [-0.2, -0.15) is 0 Å². The molecule has 99 heavy (non-hydrogen) atoms. The van der Waals surface area contributed by atoms with Gasteiger partial charge in [-0.3, -0.25) is 57.5 Å². The maximum Gasteiger partial charge on any atom is 0.326 e. The highest BCUT2D eigenvalue weighted by Gasteiger charge is 2.38. The molecular weight excluding hydrogens is 1290 g/mol. The number of carboxylic acids is 1. The molecule has 0 spiro atoms. The zero-order valence-electron chi connectivity index (χ0n) is 59.6. The highest BCUT2D eigenvalue weighted by molar-refractivity contribution is 5.99. The number of aliphatic hydroxyl groups excluding tert-OH is 1. The molecule has 1 rings (SSSR count). The normalized spacial score (nSPS) is 15.3. The molecule has 0 aliphatic heterocycles. The Morgan fingerprint density at radius 3 is 1.17 bits per heavy atom. The van der Waals surface area contributed by atoms with Crippen molar-refractivity contribution in [2.45, 2.75) is 245 Å². The lowest BCUT2D eigenvalue weighted by molar-refractivity contribution is -0.143. The van der Waals surface area contributed by atoms with Crippen molar-refractivity contribution in [1.82, 2.24) is 63.8 Å². The van der Waals surface area contributed by atoms with E-state index in [9.17, 15) is 77.6 Å². The third-order valence-corrected chi connectivity index (χ3v) is 16.1. The molecule has 0 aliphatic rings. The van der Waals surface area contributed by atoms with Crippen LogP contribution in [0.25, 0.3) is 0 Å². The van der Waals surface area contributed by atoms with Crippen molar-refractivity contribution in [3.63, 3.8) is 0 Å². The van der Waals surface area contributed by atoms with E-state index < -0.39 is 180 Å². The van der Waals surface area contributed by atoms with E-state index in [-0.39, 0.29) is 50.3 Å². The second-order valence-electron chi connectivity index (χ2n) is 26.5. The van der Waals surface area contributed by atoms with Crippen LogP contribution < -0.4 is 92.5 Å². The molecule has 0 aromatic heterocycles. The number of aliphatic hydroxyl groups is 1. The van der Waals surface area contributed by atoms with Crippen molar-refractivity contribution >= 4 is 76.9 Å². The number of benzene rings is 1. The lowest BCUT2D eigenvalue weighted by Crippen LogP contribution is -2.62. The van der Waals surface area contributed by atoms with Gasteiger partial charge in [0.05, 0.1) is 18.7 Å². The van der Waals surface area contributed by atoms with E-state index in [1.165, 1.54) is 45.0 Å². The molecule has 562 valence electrons. The van der Waals surface area contributed by atoms with Crippen LogP contribution in [0.1, 0.15) is 165 Å². The van der Waals surface area contributed by atoms with E-state index in [4.69, 9.17) is 28.7 Å². The number of carbonyl (C=O) groups excluding carboxylic acids is 12. The number of rotatable bonds is 49. The first-order chi connectivity index (χ1) is 46.5. The van der Waals surface area contributed by atoms with Crippen LogP contribution in [0.3, 0.4) is 0 Å². The molecule has 33 heteroatoms. The summed E-state index contributed by atoms with van der Waals surface area (Å²) in [7, 11) is 0. The van der Waals surface area contributed by atoms with Gasteiger partial charge in [-0.05, 0) is 165 Å². The molecule has 12 amide bonds. The molecule has 0 unspecified atom stereocenters. The number of hydrogen-bond donors (Lipinski definition) is 20. The summed E-state index contributed by atoms with van der Waals surface area (Å²) in [5.41, 5.74) is 29.4. The minimum absolute atomic E-state index is 0.0721. The first-order valence-corrected chi connectivity index (χ1v) is 34.4. The van der Waals surface area contributed by atoms with Gasteiger partial charge in [0.25, 0.3) is 0 Å². The summed E-state index contributed by atoms with van der Waals surface area (Å²) in [5, 5.41) is 61.3. The fourth-order valence-electron chi connectivity index (χ4n) is 10.1. The molecule has 25 N–H and O–H groups in total. The Balaban J connectivity index is 3.25. The van der Waals surface area contributed by atoms with Gasteiger partial charge in [-0.25, -0.2) is 4.79 Å². The summed E-state index contributed by atoms with van der Waals surface area (Å²) in [6.07, 6.45) is 2.97. The quantitative estimate of drug-likeness (QED) is 0.0285. The number of nitrogens with one attached hydrogen (secondary N) is 12. The Morgan fingerprint density at radius 2 is 0.737 bits per heavy atom. The van der Waals surface area contributed by atoms with Gasteiger partial charge in [0, 0.05) is 6.42 Å². The number of amides is 12. The van der Waals surface area contributed by atoms with E-state index in [0.29, 0.717) is 83.0 Å². The number of carbonyl (C=O) groups is 13. The smallest absolute Gasteiger partial charge is 0.326 e. The summed E-state index contributed by atoms with van der Waals surface area (Å²) >= 11 is 0. The van der Waals surface area contributed by atoms with Gasteiger partial charge in [0.1, 0.15) is 72.2 Å². The van der Waals surface area contributed by atoms with Crippen LogP contribution in [0.15, 0.2) is 24.3 Å². The first kappa shape index (κ1) is 88.9. The minimum atomic E-state index is -1.77. The SMILES string of the molecule is CC(C)C[C@H](NC(=O)[C@@H](NC(=O)[C@H](Cc1ccc(O)cc1)NC(=O)[C@@H](NC(=O)[C@H](C)NC(=O)[C@H](C)NC(=O)CNC(=O)[C@@H](NC(=O)[C@H](CCCCN)NC(=O)[C@H](CCCCN)NC(=O)[C@H](CCCCN)NC(=O)[C@@H](N)CCCCN)C(C)C)[C@@H](C)O)C(C)C)C(=O)N[C@H](C(=O)O)C(C)C. The Labute approximate surface area is 581 Å². The van der Waals surface area contributed by atoms with Crippen LogP contribution >= 0.6 is 0 Å². The zero-order chi connectivity index (χ0) is 75.2. The van der Waals surface area contributed by atoms with Gasteiger partial charge in [0.15, 0.2) is 0 Å². The predicted molar refractivity (Wildman–Crippen MR) is 370 cm³/mol. The number of phenols is 1. The predicted octanol–water partition coefficient (Wildman–Crippen LogP) is -3.25. The lowest BCUT2D eigenvalue weighted by atomic mass is 9.98. The number of nitrogens with two attached hydrogens (primary N) is 5. The van der Waals surface area contributed by atoms with Gasteiger partial charge in [-0.1, -0.05) is 73.9 Å². The first-order valence-electron chi connectivity index (χ1n) is 34.4. The molecule has 0 saturated heterocycles. The number of hydrogen-bond acceptors (Lipinski definition) is 20.